The van der Waals surface area contributed by atoms with Gasteiger partial charge in [0.05, 0.1) is 6.10 Å². The summed E-state index contributed by atoms with van der Waals surface area (Å²) < 4.78 is 5.92. The molecule has 2 N–H and O–H groups in total. The topological polar surface area (TPSA) is 52.1 Å². The van der Waals surface area contributed by atoms with Crippen LogP contribution in [0.1, 0.15) is 31.4 Å². The Morgan fingerprint density at radius 3 is 2.70 bits per heavy atom. The van der Waals surface area contributed by atoms with Gasteiger partial charge in [0.25, 0.3) is 0 Å². The lowest BCUT2D eigenvalue weighted by molar-refractivity contribution is -0.106. The first kappa shape index (κ1) is 21.4. The van der Waals surface area contributed by atoms with Crippen LogP contribution in [0.5, 0.6) is 0 Å². The molecule has 0 aromatic heterocycles. The van der Waals surface area contributed by atoms with Gasteiger partial charge in [-0.3, -0.25) is 9.89 Å². The van der Waals surface area contributed by atoms with Gasteiger partial charge in [-0.25, -0.2) is 0 Å². The third kappa shape index (κ3) is 4.04. The van der Waals surface area contributed by atoms with E-state index in [-0.39, 0.29) is 5.41 Å². The van der Waals surface area contributed by atoms with Crippen LogP contribution in [-0.4, -0.2) is 75.9 Å². The molecule has 2 aliphatic heterocycles. The van der Waals surface area contributed by atoms with Crippen LogP contribution >= 0.6 is 0 Å². The van der Waals surface area contributed by atoms with E-state index in [1.54, 1.807) is 0 Å². The van der Waals surface area contributed by atoms with Crippen molar-refractivity contribution >= 4 is 11.6 Å². The van der Waals surface area contributed by atoms with Gasteiger partial charge in [0.2, 0.25) is 0 Å². The molecule has 166 valence electrons. The van der Waals surface area contributed by atoms with Crippen molar-refractivity contribution in [3.63, 3.8) is 0 Å². The Morgan fingerprint density at radius 2 is 1.97 bits per heavy atom. The maximum atomic E-state index is 5.92. The summed E-state index contributed by atoms with van der Waals surface area (Å²) in [5, 5.41) is 7.21. The third-order valence-electron chi connectivity index (χ3n) is 7.63. The van der Waals surface area contributed by atoms with Gasteiger partial charge in [0.15, 0.2) is 5.96 Å². The van der Waals surface area contributed by atoms with Crippen LogP contribution < -0.4 is 15.5 Å². The Balaban J connectivity index is 1.21. The molecule has 3 atom stereocenters. The highest BCUT2D eigenvalue weighted by atomic mass is 16.5. The molecular formula is C24H39N5O. The molecule has 2 saturated heterocycles. The van der Waals surface area contributed by atoms with Gasteiger partial charge >= 0.3 is 0 Å². The van der Waals surface area contributed by atoms with Crippen molar-refractivity contribution in [2.45, 2.75) is 46.3 Å². The van der Waals surface area contributed by atoms with E-state index < -0.39 is 0 Å². The number of aliphatic imine (C=N–C) groups is 1. The molecule has 1 aromatic rings. The van der Waals surface area contributed by atoms with E-state index in [0.29, 0.717) is 18.1 Å². The summed E-state index contributed by atoms with van der Waals surface area (Å²) in [5.74, 6) is 1.55. The molecule has 6 heteroatoms. The minimum absolute atomic E-state index is 0.170. The lowest BCUT2D eigenvalue weighted by atomic mass is 9.57. The highest BCUT2D eigenvalue weighted by Gasteiger charge is 2.59. The number of guanidine groups is 1. The summed E-state index contributed by atoms with van der Waals surface area (Å²) in [7, 11) is 1.87. The van der Waals surface area contributed by atoms with Crippen molar-refractivity contribution in [2.24, 2.45) is 16.3 Å². The Morgan fingerprint density at radius 1 is 1.20 bits per heavy atom. The molecule has 6 nitrogen and oxygen atoms in total. The number of hydrogen-bond acceptors (Lipinski definition) is 4. The standard InChI is InChI=1S/C24H39N5O/c1-17-7-6-8-20(18(17)2)29-14-12-28(13-15-29)11-10-26-23(25-5)27-21-19-9-16-30-22(19)24(21,3)4/h6-8,19,21-22H,9-16H2,1-5H3,(H2,25,26,27). The highest BCUT2D eigenvalue weighted by molar-refractivity contribution is 5.80. The smallest absolute Gasteiger partial charge is 0.191 e. The largest absolute Gasteiger partial charge is 0.377 e. The minimum atomic E-state index is 0.170. The zero-order valence-electron chi connectivity index (χ0n) is 19.4. The first-order valence-corrected chi connectivity index (χ1v) is 11.5. The van der Waals surface area contributed by atoms with Crippen molar-refractivity contribution in [2.75, 3.05) is 57.8 Å². The summed E-state index contributed by atoms with van der Waals surface area (Å²) in [5.41, 5.74) is 4.36. The quantitative estimate of drug-likeness (QED) is 0.574. The predicted octanol–water partition coefficient (Wildman–Crippen LogP) is 2.40. The summed E-state index contributed by atoms with van der Waals surface area (Å²) in [4.78, 5) is 9.55. The van der Waals surface area contributed by atoms with Gasteiger partial charge in [-0.2, -0.15) is 0 Å². The Hall–Kier alpha value is -1.79. The van der Waals surface area contributed by atoms with Crippen LogP contribution in [0.4, 0.5) is 5.69 Å². The molecular weight excluding hydrogens is 374 g/mol. The second-order valence-electron chi connectivity index (χ2n) is 9.73. The van der Waals surface area contributed by atoms with E-state index in [4.69, 9.17) is 4.74 Å². The minimum Gasteiger partial charge on any atom is -0.377 e. The molecule has 3 fully saturated rings. The van der Waals surface area contributed by atoms with Crippen molar-refractivity contribution in [3.8, 4) is 0 Å². The van der Waals surface area contributed by atoms with Crippen LogP contribution in [0, 0.1) is 25.2 Å². The predicted molar refractivity (Wildman–Crippen MR) is 124 cm³/mol. The zero-order valence-corrected chi connectivity index (χ0v) is 19.4. The van der Waals surface area contributed by atoms with Gasteiger partial charge in [-0.15, -0.1) is 0 Å². The first-order chi connectivity index (χ1) is 14.4. The van der Waals surface area contributed by atoms with E-state index >= 15 is 0 Å². The zero-order chi connectivity index (χ0) is 21.3. The molecule has 0 bridgehead atoms. The van der Waals surface area contributed by atoms with Crippen LogP contribution in [0.3, 0.4) is 0 Å². The number of nitrogens with one attached hydrogen (secondary N) is 2. The fourth-order valence-electron chi connectivity index (χ4n) is 5.58. The number of nitrogens with zero attached hydrogens (tertiary/aromatic N) is 3. The summed E-state index contributed by atoms with van der Waals surface area (Å²) in [6.07, 6.45) is 1.56. The Kier molecular flexibility index (Phi) is 6.26. The van der Waals surface area contributed by atoms with Gasteiger partial charge in [-0.1, -0.05) is 26.0 Å². The second kappa shape index (κ2) is 8.75. The SMILES string of the molecule is CN=C(NCCN1CCN(c2cccc(C)c2C)CC1)NC1C2CCOC2C1(C)C. The summed E-state index contributed by atoms with van der Waals surface area (Å²) in [6, 6.07) is 7.08. The number of hydrogen-bond donors (Lipinski definition) is 2. The average Bonchev–Trinajstić information content (AvgIpc) is 3.20. The molecule has 1 saturated carbocycles. The van der Waals surface area contributed by atoms with Crippen molar-refractivity contribution in [1.82, 2.24) is 15.5 Å². The first-order valence-electron chi connectivity index (χ1n) is 11.5. The number of anilines is 1. The third-order valence-corrected chi connectivity index (χ3v) is 7.63. The fraction of sp³-hybridized carbons (Fsp3) is 0.708. The molecule has 1 aliphatic carbocycles. The van der Waals surface area contributed by atoms with Crippen molar-refractivity contribution in [1.29, 1.82) is 0 Å². The lowest BCUT2D eigenvalue weighted by Gasteiger charge is -2.54. The van der Waals surface area contributed by atoms with Crippen LogP contribution in [0.25, 0.3) is 0 Å². The van der Waals surface area contributed by atoms with E-state index in [1.165, 1.54) is 16.8 Å². The van der Waals surface area contributed by atoms with Crippen molar-refractivity contribution < 1.29 is 4.74 Å². The number of rotatable bonds is 5. The highest BCUT2D eigenvalue weighted by Crippen LogP contribution is 2.52. The normalized spacial score (nSPS) is 28.8. The molecule has 0 radical (unpaired) electrons. The number of fused-ring (bicyclic) bond motifs is 1. The number of benzene rings is 1. The van der Waals surface area contributed by atoms with Crippen LogP contribution in [-0.2, 0) is 4.74 Å². The molecule has 3 aliphatic rings. The van der Waals surface area contributed by atoms with E-state index in [2.05, 4.69) is 71.3 Å². The molecule has 3 unspecified atom stereocenters. The van der Waals surface area contributed by atoms with Gasteiger partial charge < -0.3 is 20.3 Å². The fourth-order valence-corrected chi connectivity index (χ4v) is 5.58. The monoisotopic (exact) mass is 413 g/mol. The average molecular weight is 414 g/mol. The second-order valence-corrected chi connectivity index (χ2v) is 9.73. The molecule has 1 aromatic carbocycles. The maximum Gasteiger partial charge on any atom is 0.191 e. The van der Waals surface area contributed by atoms with Crippen molar-refractivity contribution in [3.05, 3.63) is 29.3 Å². The van der Waals surface area contributed by atoms with Crippen LogP contribution in [0.15, 0.2) is 23.2 Å². The van der Waals surface area contributed by atoms with Gasteiger partial charge in [-0.05, 0) is 37.5 Å². The summed E-state index contributed by atoms with van der Waals surface area (Å²) in [6.45, 7) is 16.3. The molecule has 0 spiro atoms. The molecule has 30 heavy (non-hydrogen) atoms. The van der Waals surface area contributed by atoms with E-state index in [1.807, 2.05) is 7.05 Å². The molecule has 0 amide bonds. The Bertz CT molecular complexity index is 769. The molecule has 4 rings (SSSR count). The van der Waals surface area contributed by atoms with Gasteiger partial charge in [0, 0.05) is 76.0 Å². The van der Waals surface area contributed by atoms with Crippen LogP contribution in [0.2, 0.25) is 0 Å². The summed E-state index contributed by atoms with van der Waals surface area (Å²) >= 11 is 0. The number of aryl methyl sites for hydroxylation is 1. The van der Waals surface area contributed by atoms with E-state index in [0.717, 1.165) is 58.3 Å². The number of ether oxygens (including phenoxy) is 1. The lowest BCUT2D eigenvalue weighted by Crippen LogP contribution is -2.68. The van der Waals surface area contributed by atoms with E-state index in [9.17, 15) is 0 Å². The Labute approximate surface area is 182 Å². The van der Waals surface area contributed by atoms with Gasteiger partial charge in [0.1, 0.15) is 0 Å². The maximum absolute atomic E-state index is 5.92. The molecule has 2 heterocycles. The number of piperazine rings is 1.